The number of Topliss-reactive ketones (excluding diaryl/α,β-unsaturated/α-hetero) is 1. The lowest BCUT2D eigenvalue weighted by Crippen LogP contribution is -2.42. The minimum absolute atomic E-state index is 0.000752. The fraction of sp³-hybridized carbons (Fsp3) is 0.385. The summed E-state index contributed by atoms with van der Waals surface area (Å²) in [7, 11) is 0. The third kappa shape index (κ3) is 5.13. The molecule has 2 aliphatic rings. The van der Waals surface area contributed by atoms with Gasteiger partial charge in [0.2, 0.25) is 0 Å². The van der Waals surface area contributed by atoms with Crippen LogP contribution in [0.5, 0.6) is 5.75 Å². The van der Waals surface area contributed by atoms with E-state index in [9.17, 15) is 19.1 Å². The Hall–Kier alpha value is -3.23. The van der Waals surface area contributed by atoms with E-state index in [-0.39, 0.29) is 16.9 Å². The van der Waals surface area contributed by atoms with Crippen LogP contribution in [0.25, 0.3) is 5.76 Å². The van der Waals surface area contributed by atoms with Crippen molar-refractivity contribution in [2.75, 3.05) is 46.0 Å². The number of amides is 1. The lowest BCUT2D eigenvalue weighted by molar-refractivity contribution is -0.140. The Balaban J connectivity index is 1.69. The number of aliphatic hydroxyl groups is 1. The highest BCUT2D eigenvalue weighted by molar-refractivity contribution is 6.46. The SMILES string of the molecule is CCCOc1ccc(C2/C(=C(/O)c3ccc(F)cc3)C(=O)C(=O)N2CCN2CCOCC2)cc1. The number of hydrogen-bond donors (Lipinski definition) is 1. The van der Waals surface area contributed by atoms with Crippen molar-refractivity contribution in [3.63, 3.8) is 0 Å². The number of carbonyl (C=O) groups excluding carboxylic acids is 2. The molecule has 4 rings (SSSR count). The van der Waals surface area contributed by atoms with E-state index in [1.807, 2.05) is 6.92 Å². The zero-order chi connectivity index (χ0) is 24.1. The maximum atomic E-state index is 13.4. The van der Waals surface area contributed by atoms with Gasteiger partial charge in [0.05, 0.1) is 31.4 Å². The Morgan fingerprint density at radius 1 is 1.06 bits per heavy atom. The van der Waals surface area contributed by atoms with Crippen molar-refractivity contribution in [2.24, 2.45) is 0 Å². The molecule has 2 fully saturated rings. The fourth-order valence-electron chi connectivity index (χ4n) is 4.26. The number of carbonyl (C=O) groups is 2. The number of nitrogens with zero attached hydrogens (tertiary/aromatic N) is 2. The van der Waals surface area contributed by atoms with Gasteiger partial charge in [0.15, 0.2) is 0 Å². The standard InChI is InChI=1S/C26H29FN2O5/c1-2-15-34-21-9-5-18(6-10-21)23-22(24(30)19-3-7-20(27)8-4-19)25(31)26(32)29(23)12-11-28-13-16-33-17-14-28/h3-10,23,30H,2,11-17H2,1H3/b24-22-. The van der Waals surface area contributed by atoms with E-state index < -0.39 is 23.5 Å². The zero-order valence-corrected chi connectivity index (χ0v) is 19.2. The highest BCUT2D eigenvalue weighted by atomic mass is 19.1. The Morgan fingerprint density at radius 2 is 1.74 bits per heavy atom. The summed E-state index contributed by atoms with van der Waals surface area (Å²) >= 11 is 0. The molecule has 180 valence electrons. The summed E-state index contributed by atoms with van der Waals surface area (Å²) in [5.41, 5.74) is 0.968. The van der Waals surface area contributed by atoms with Gasteiger partial charge in [-0.2, -0.15) is 0 Å². The summed E-state index contributed by atoms with van der Waals surface area (Å²) in [5, 5.41) is 11.0. The summed E-state index contributed by atoms with van der Waals surface area (Å²) in [5.74, 6) is -1.49. The lowest BCUT2D eigenvalue weighted by atomic mass is 9.95. The first kappa shape index (κ1) is 23.9. The average molecular weight is 469 g/mol. The first-order valence-electron chi connectivity index (χ1n) is 11.6. The minimum atomic E-state index is -0.758. The monoisotopic (exact) mass is 468 g/mol. The van der Waals surface area contributed by atoms with Crippen molar-refractivity contribution >= 4 is 17.4 Å². The van der Waals surface area contributed by atoms with Crippen LogP contribution < -0.4 is 4.74 Å². The number of halogens is 1. The third-order valence-electron chi connectivity index (χ3n) is 6.09. The van der Waals surface area contributed by atoms with Crippen LogP contribution in [-0.2, 0) is 14.3 Å². The second-order valence-electron chi connectivity index (χ2n) is 8.37. The Kier molecular flexibility index (Phi) is 7.59. The van der Waals surface area contributed by atoms with E-state index in [1.165, 1.54) is 29.2 Å². The van der Waals surface area contributed by atoms with E-state index in [2.05, 4.69) is 4.90 Å². The third-order valence-corrected chi connectivity index (χ3v) is 6.09. The van der Waals surface area contributed by atoms with Crippen molar-refractivity contribution in [1.29, 1.82) is 0 Å². The molecule has 1 N–H and O–H groups in total. The number of aliphatic hydroxyl groups excluding tert-OH is 1. The molecule has 8 heteroatoms. The summed E-state index contributed by atoms with van der Waals surface area (Å²) < 4.78 is 24.5. The van der Waals surface area contributed by atoms with Crippen LogP contribution in [0.2, 0.25) is 0 Å². The fourth-order valence-corrected chi connectivity index (χ4v) is 4.26. The van der Waals surface area contributed by atoms with Gasteiger partial charge in [-0.15, -0.1) is 0 Å². The number of ketones is 1. The van der Waals surface area contributed by atoms with Crippen LogP contribution in [0.3, 0.4) is 0 Å². The van der Waals surface area contributed by atoms with Gasteiger partial charge in [0.25, 0.3) is 11.7 Å². The molecule has 2 heterocycles. The van der Waals surface area contributed by atoms with Crippen LogP contribution in [-0.4, -0.2) is 72.6 Å². The Bertz CT molecular complexity index is 1050. The summed E-state index contributed by atoms with van der Waals surface area (Å²) in [6, 6.07) is 11.6. The van der Waals surface area contributed by atoms with Crippen LogP contribution in [0.4, 0.5) is 4.39 Å². The van der Waals surface area contributed by atoms with Crippen molar-refractivity contribution < 1.29 is 28.6 Å². The molecule has 1 atom stereocenters. The molecule has 2 aliphatic heterocycles. The normalized spacial score (nSPS) is 20.6. The number of hydrogen-bond acceptors (Lipinski definition) is 6. The van der Waals surface area contributed by atoms with Crippen LogP contribution in [0.15, 0.2) is 54.1 Å². The molecule has 1 unspecified atom stereocenters. The Morgan fingerprint density at radius 3 is 2.38 bits per heavy atom. The molecule has 2 aromatic rings. The molecule has 7 nitrogen and oxygen atoms in total. The molecule has 0 aliphatic carbocycles. The molecule has 0 spiro atoms. The summed E-state index contributed by atoms with van der Waals surface area (Å²) in [4.78, 5) is 29.9. The number of ether oxygens (including phenoxy) is 2. The molecule has 2 aromatic carbocycles. The highest BCUT2D eigenvalue weighted by Crippen LogP contribution is 2.39. The van der Waals surface area contributed by atoms with Crippen LogP contribution in [0, 0.1) is 5.82 Å². The lowest BCUT2D eigenvalue weighted by Gasteiger charge is -2.31. The Labute approximate surface area is 198 Å². The quantitative estimate of drug-likeness (QED) is 0.364. The molecular weight excluding hydrogens is 439 g/mol. The smallest absolute Gasteiger partial charge is 0.295 e. The van der Waals surface area contributed by atoms with Gasteiger partial charge in [-0.25, -0.2) is 4.39 Å². The van der Waals surface area contributed by atoms with Gasteiger partial charge in [-0.1, -0.05) is 19.1 Å². The predicted molar refractivity (Wildman–Crippen MR) is 125 cm³/mol. The topological polar surface area (TPSA) is 79.3 Å². The van der Waals surface area contributed by atoms with Gasteiger partial charge < -0.3 is 19.5 Å². The van der Waals surface area contributed by atoms with Crippen molar-refractivity contribution in [3.05, 3.63) is 71.0 Å². The molecule has 0 bridgehead atoms. The van der Waals surface area contributed by atoms with Crippen molar-refractivity contribution in [1.82, 2.24) is 9.80 Å². The largest absolute Gasteiger partial charge is 0.507 e. The van der Waals surface area contributed by atoms with Gasteiger partial charge in [-0.3, -0.25) is 14.5 Å². The maximum absolute atomic E-state index is 13.4. The molecule has 34 heavy (non-hydrogen) atoms. The van der Waals surface area contributed by atoms with Crippen LogP contribution in [0.1, 0.15) is 30.5 Å². The molecule has 2 saturated heterocycles. The van der Waals surface area contributed by atoms with E-state index in [1.54, 1.807) is 24.3 Å². The predicted octanol–water partition coefficient (Wildman–Crippen LogP) is 3.37. The van der Waals surface area contributed by atoms with E-state index in [0.29, 0.717) is 44.2 Å². The van der Waals surface area contributed by atoms with E-state index in [0.717, 1.165) is 19.5 Å². The highest BCUT2D eigenvalue weighted by Gasteiger charge is 2.46. The van der Waals surface area contributed by atoms with Crippen molar-refractivity contribution in [3.8, 4) is 5.75 Å². The molecule has 0 saturated carbocycles. The molecule has 0 radical (unpaired) electrons. The summed E-state index contributed by atoms with van der Waals surface area (Å²) in [6.45, 7) is 6.29. The molecule has 0 aromatic heterocycles. The minimum Gasteiger partial charge on any atom is -0.507 e. The van der Waals surface area contributed by atoms with E-state index in [4.69, 9.17) is 9.47 Å². The number of rotatable bonds is 8. The van der Waals surface area contributed by atoms with E-state index >= 15 is 0 Å². The zero-order valence-electron chi connectivity index (χ0n) is 19.2. The van der Waals surface area contributed by atoms with Crippen molar-refractivity contribution in [2.45, 2.75) is 19.4 Å². The first-order chi connectivity index (χ1) is 16.5. The average Bonchev–Trinajstić information content (AvgIpc) is 3.12. The molecule has 1 amide bonds. The first-order valence-corrected chi connectivity index (χ1v) is 11.6. The summed E-state index contributed by atoms with van der Waals surface area (Å²) in [6.07, 6.45) is 0.876. The second-order valence-corrected chi connectivity index (χ2v) is 8.37. The number of benzene rings is 2. The van der Waals surface area contributed by atoms with Gasteiger partial charge >= 0.3 is 0 Å². The van der Waals surface area contributed by atoms with Gasteiger partial charge in [-0.05, 0) is 48.4 Å². The number of likely N-dealkylation sites (tertiary alicyclic amines) is 1. The van der Waals surface area contributed by atoms with Crippen LogP contribution >= 0.6 is 0 Å². The maximum Gasteiger partial charge on any atom is 0.295 e. The second kappa shape index (κ2) is 10.8. The molecular formula is C26H29FN2O5. The number of morpholine rings is 1. The van der Waals surface area contributed by atoms with Gasteiger partial charge in [0.1, 0.15) is 17.3 Å². The van der Waals surface area contributed by atoms with Gasteiger partial charge in [0, 0.05) is 31.7 Å².